The molecule has 0 spiro atoms. The van der Waals surface area contributed by atoms with E-state index in [1.807, 2.05) is 0 Å². The van der Waals surface area contributed by atoms with Gasteiger partial charge in [0.05, 0.1) is 11.7 Å². The first kappa shape index (κ1) is 19.7. The minimum absolute atomic E-state index is 0. The molecular formula is C13H22ClN3O3S. The van der Waals surface area contributed by atoms with Gasteiger partial charge in [-0.25, -0.2) is 8.42 Å². The lowest BCUT2D eigenvalue weighted by molar-refractivity contribution is -0.119. The Labute approximate surface area is 132 Å². The van der Waals surface area contributed by atoms with Crippen molar-refractivity contribution in [2.45, 2.75) is 26.8 Å². The maximum absolute atomic E-state index is 11.8. The van der Waals surface area contributed by atoms with Crippen LogP contribution in [0.4, 0.5) is 11.4 Å². The van der Waals surface area contributed by atoms with Crippen LogP contribution in [0.5, 0.6) is 0 Å². The lowest BCUT2D eigenvalue weighted by Crippen LogP contribution is -2.34. The van der Waals surface area contributed by atoms with Crippen LogP contribution >= 0.6 is 12.4 Å². The highest BCUT2D eigenvalue weighted by Crippen LogP contribution is 2.16. The summed E-state index contributed by atoms with van der Waals surface area (Å²) in [6.45, 7) is 5.09. The molecule has 6 nitrogen and oxygen atoms in total. The van der Waals surface area contributed by atoms with E-state index >= 15 is 0 Å². The van der Waals surface area contributed by atoms with Gasteiger partial charge >= 0.3 is 0 Å². The molecule has 1 rings (SSSR count). The van der Waals surface area contributed by atoms with Gasteiger partial charge in [-0.2, -0.15) is 0 Å². The molecule has 0 heterocycles. The third-order valence-corrected chi connectivity index (χ3v) is 4.31. The number of sulfonamides is 1. The summed E-state index contributed by atoms with van der Waals surface area (Å²) in [6, 6.07) is 6.24. The number of amides is 1. The Morgan fingerprint density at radius 2 is 1.67 bits per heavy atom. The molecule has 0 saturated heterocycles. The van der Waals surface area contributed by atoms with Crippen LogP contribution in [0.1, 0.15) is 20.8 Å². The molecule has 0 saturated carbocycles. The van der Waals surface area contributed by atoms with E-state index in [1.165, 1.54) is 0 Å². The number of benzene rings is 1. The molecule has 1 amide bonds. The second-order valence-corrected chi connectivity index (χ2v) is 6.73. The molecule has 0 fully saturated rings. The molecule has 21 heavy (non-hydrogen) atoms. The molecule has 1 aromatic carbocycles. The Kier molecular flexibility index (Phi) is 7.70. The lowest BCUT2D eigenvalue weighted by Gasteiger charge is -2.15. The zero-order chi connectivity index (χ0) is 15.3. The average molecular weight is 336 g/mol. The quantitative estimate of drug-likeness (QED) is 0.737. The molecule has 1 aromatic rings. The monoisotopic (exact) mass is 335 g/mol. The Balaban J connectivity index is 0.00000400. The van der Waals surface area contributed by atoms with Crippen LogP contribution in [0.15, 0.2) is 24.3 Å². The standard InChI is InChI=1S/C13H21N3O3S.ClH/c1-4-20(18,19)16-12-7-5-11(6-8-12)15-13(17)9(2)10(3)14;/h5-10,16H,4,14H2,1-3H3,(H,15,17);1H. The van der Waals surface area contributed by atoms with Crippen molar-refractivity contribution in [3.05, 3.63) is 24.3 Å². The van der Waals surface area contributed by atoms with Crippen LogP contribution in [0.3, 0.4) is 0 Å². The first-order chi connectivity index (χ1) is 9.25. The number of anilines is 2. The topological polar surface area (TPSA) is 101 Å². The van der Waals surface area contributed by atoms with E-state index < -0.39 is 10.0 Å². The van der Waals surface area contributed by atoms with E-state index in [0.717, 1.165) is 0 Å². The highest BCUT2D eigenvalue weighted by Gasteiger charge is 2.17. The number of rotatable bonds is 6. The number of nitrogens with one attached hydrogen (secondary N) is 2. The molecule has 0 aliphatic rings. The van der Waals surface area contributed by atoms with Gasteiger partial charge in [0.25, 0.3) is 0 Å². The van der Waals surface area contributed by atoms with Gasteiger partial charge in [-0.15, -0.1) is 12.4 Å². The molecule has 4 N–H and O–H groups in total. The number of hydrogen-bond acceptors (Lipinski definition) is 4. The highest BCUT2D eigenvalue weighted by atomic mass is 35.5. The van der Waals surface area contributed by atoms with E-state index in [1.54, 1.807) is 45.0 Å². The molecule has 2 atom stereocenters. The average Bonchev–Trinajstić information content (AvgIpc) is 2.39. The third kappa shape index (κ3) is 6.33. The van der Waals surface area contributed by atoms with Crippen LogP contribution in [0, 0.1) is 5.92 Å². The molecule has 2 unspecified atom stereocenters. The molecule has 0 aliphatic heterocycles. The van der Waals surface area contributed by atoms with E-state index in [4.69, 9.17) is 5.73 Å². The first-order valence-corrected chi connectivity index (χ1v) is 8.07. The van der Waals surface area contributed by atoms with Gasteiger partial charge in [-0.3, -0.25) is 9.52 Å². The van der Waals surface area contributed by atoms with Crippen molar-refractivity contribution in [1.29, 1.82) is 0 Å². The van der Waals surface area contributed by atoms with E-state index in [-0.39, 0.29) is 36.0 Å². The van der Waals surface area contributed by atoms with Crippen molar-refractivity contribution in [3.8, 4) is 0 Å². The Hall–Kier alpha value is -1.31. The normalized spacial score (nSPS) is 13.7. The van der Waals surface area contributed by atoms with Crippen molar-refractivity contribution in [3.63, 3.8) is 0 Å². The van der Waals surface area contributed by atoms with E-state index in [9.17, 15) is 13.2 Å². The molecule has 0 radical (unpaired) electrons. The number of hydrogen-bond donors (Lipinski definition) is 3. The predicted molar refractivity (Wildman–Crippen MR) is 88.2 cm³/mol. The molecule has 0 aromatic heterocycles. The summed E-state index contributed by atoms with van der Waals surface area (Å²) in [4.78, 5) is 11.8. The number of carbonyl (C=O) groups excluding carboxylic acids is 1. The first-order valence-electron chi connectivity index (χ1n) is 6.42. The summed E-state index contributed by atoms with van der Waals surface area (Å²) < 4.78 is 25.2. The largest absolute Gasteiger partial charge is 0.327 e. The van der Waals surface area contributed by atoms with Crippen molar-refractivity contribution in [2.75, 3.05) is 15.8 Å². The van der Waals surface area contributed by atoms with Crippen molar-refractivity contribution < 1.29 is 13.2 Å². The minimum atomic E-state index is -3.29. The van der Waals surface area contributed by atoms with Gasteiger partial charge in [0.1, 0.15) is 0 Å². The van der Waals surface area contributed by atoms with Gasteiger partial charge < -0.3 is 11.1 Å². The number of nitrogens with two attached hydrogens (primary N) is 1. The Morgan fingerprint density at radius 1 is 1.19 bits per heavy atom. The smallest absolute Gasteiger partial charge is 0.232 e. The van der Waals surface area contributed by atoms with Crippen LogP contribution in [-0.4, -0.2) is 26.1 Å². The summed E-state index contributed by atoms with van der Waals surface area (Å²) in [5.41, 5.74) is 6.72. The third-order valence-electron chi connectivity index (χ3n) is 3.01. The fourth-order valence-electron chi connectivity index (χ4n) is 1.37. The number of halogens is 1. The summed E-state index contributed by atoms with van der Waals surface area (Å²) in [6.07, 6.45) is 0. The molecule has 0 aliphatic carbocycles. The maximum atomic E-state index is 11.8. The number of carbonyl (C=O) groups is 1. The van der Waals surface area contributed by atoms with E-state index in [0.29, 0.717) is 11.4 Å². The Bertz CT molecular complexity index is 559. The van der Waals surface area contributed by atoms with Crippen molar-refractivity contribution in [2.24, 2.45) is 11.7 Å². The van der Waals surface area contributed by atoms with Crippen LogP contribution in [0.25, 0.3) is 0 Å². The highest BCUT2D eigenvalue weighted by molar-refractivity contribution is 7.92. The van der Waals surface area contributed by atoms with E-state index in [2.05, 4.69) is 10.0 Å². The van der Waals surface area contributed by atoms with Crippen LogP contribution in [-0.2, 0) is 14.8 Å². The lowest BCUT2D eigenvalue weighted by atomic mass is 10.0. The summed E-state index contributed by atoms with van der Waals surface area (Å²) in [5.74, 6) is -0.452. The fraction of sp³-hybridized carbons (Fsp3) is 0.462. The minimum Gasteiger partial charge on any atom is -0.327 e. The SMILES string of the molecule is CCS(=O)(=O)Nc1ccc(NC(=O)C(C)C(C)N)cc1.Cl. The zero-order valence-electron chi connectivity index (χ0n) is 12.3. The van der Waals surface area contributed by atoms with Crippen molar-refractivity contribution in [1.82, 2.24) is 0 Å². The van der Waals surface area contributed by atoms with Gasteiger partial charge in [0.2, 0.25) is 15.9 Å². The summed E-state index contributed by atoms with van der Waals surface area (Å²) >= 11 is 0. The summed E-state index contributed by atoms with van der Waals surface area (Å²) in [7, 11) is -3.29. The van der Waals surface area contributed by atoms with Crippen molar-refractivity contribution >= 4 is 39.7 Å². The van der Waals surface area contributed by atoms with Crippen LogP contribution in [0.2, 0.25) is 0 Å². The summed E-state index contributed by atoms with van der Waals surface area (Å²) in [5, 5.41) is 2.73. The van der Waals surface area contributed by atoms with Gasteiger partial charge in [0.15, 0.2) is 0 Å². The fourth-order valence-corrected chi connectivity index (χ4v) is 2.01. The zero-order valence-corrected chi connectivity index (χ0v) is 13.9. The van der Waals surface area contributed by atoms with Gasteiger partial charge in [-0.1, -0.05) is 6.92 Å². The predicted octanol–water partition coefficient (Wildman–Crippen LogP) is 1.79. The molecule has 120 valence electrons. The van der Waals surface area contributed by atoms with Gasteiger partial charge in [-0.05, 0) is 38.1 Å². The second kappa shape index (κ2) is 8.21. The molecule has 8 heteroatoms. The van der Waals surface area contributed by atoms with Crippen LogP contribution < -0.4 is 15.8 Å². The van der Waals surface area contributed by atoms with Gasteiger partial charge in [0, 0.05) is 17.4 Å². The maximum Gasteiger partial charge on any atom is 0.232 e. The second-order valence-electron chi connectivity index (χ2n) is 4.72. The molecular weight excluding hydrogens is 314 g/mol. The molecule has 0 bridgehead atoms. The Morgan fingerprint density at radius 3 is 2.10 bits per heavy atom.